The van der Waals surface area contributed by atoms with Gasteiger partial charge in [-0.25, -0.2) is 9.59 Å². The molecule has 0 N–H and O–H groups in total. The summed E-state index contributed by atoms with van der Waals surface area (Å²) in [4.78, 5) is 22.5. The van der Waals surface area contributed by atoms with Crippen LogP contribution in [0.2, 0.25) is 0 Å². The van der Waals surface area contributed by atoms with Crippen molar-refractivity contribution in [3.8, 4) is 5.75 Å². The Morgan fingerprint density at radius 3 is 2.72 bits per heavy atom. The van der Waals surface area contributed by atoms with Crippen LogP contribution < -0.4 is 4.74 Å². The van der Waals surface area contributed by atoms with E-state index in [0.29, 0.717) is 24.3 Å². The van der Waals surface area contributed by atoms with Crippen molar-refractivity contribution in [3.63, 3.8) is 0 Å². The van der Waals surface area contributed by atoms with E-state index >= 15 is 0 Å². The highest BCUT2D eigenvalue weighted by Crippen LogP contribution is 2.36. The molecule has 2 aliphatic heterocycles. The highest BCUT2D eigenvalue weighted by molar-refractivity contribution is 5.78. The largest absolute Gasteiger partial charge is 0.519 e. The minimum Gasteiger partial charge on any atom is -0.493 e. The molecule has 2 aliphatic rings. The van der Waals surface area contributed by atoms with Crippen LogP contribution in [-0.4, -0.2) is 25.0 Å². The Hall–Kier alpha value is -2.24. The molecule has 2 atom stereocenters. The first kappa shape index (κ1) is 10.9. The molecule has 0 saturated carbocycles. The molecule has 2 unspecified atom stereocenters. The van der Waals surface area contributed by atoms with Gasteiger partial charge in [0.2, 0.25) is 0 Å². The zero-order valence-corrected chi connectivity index (χ0v) is 9.33. The van der Waals surface area contributed by atoms with E-state index in [0.717, 1.165) is 0 Å². The van der Waals surface area contributed by atoms with E-state index in [4.69, 9.17) is 14.2 Å². The van der Waals surface area contributed by atoms with Gasteiger partial charge in [-0.2, -0.15) is 0 Å². The zero-order chi connectivity index (χ0) is 12.5. The number of hydrogen-bond acceptors (Lipinski definition) is 6. The van der Waals surface area contributed by atoms with Crippen LogP contribution in [0.5, 0.6) is 5.75 Å². The van der Waals surface area contributed by atoms with Gasteiger partial charge in [0.1, 0.15) is 5.75 Å². The van der Waals surface area contributed by atoms with Crippen molar-refractivity contribution in [2.75, 3.05) is 6.61 Å². The van der Waals surface area contributed by atoms with Crippen molar-refractivity contribution < 1.29 is 28.5 Å². The number of rotatable bonds is 0. The second kappa shape index (κ2) is 4.21. The molecule has 0 radical (unpaired) electrons. The fraction of sp³-hybridized carbons (Fsp3) is 0.333. The summed E-state index contributed by atoms with van der Waals surface area (Å²) in [5.74, 6) is 0.621. The van der Waals surface area contributed by atoms with Crippen LogP contribution in [0, 0.1) is 0 Å². The topological polar surface area (TPSA) is 71.1 Å². The summed E-state index contributed by atoms with van der Waals surface area (Å²) in [6.07, 6.45) is -2.94. The second-order valence-electron chi connectivity index (χ2n) is 3.97. The molecular weight excluding hydrogens is 240 g/mol. The van der Waals surface area contributed by atoms with Crippen molar-refractivity contribution in [1.82, 2.24) is 0 Å². The summed E-state index contributed by atoms with van der Waals surface area (Å²) in [6.45, 7) is 0.378. The average molecular weight is 250 g/mol. The zero-order valence-electron chi connectivity index (χ0n) is 9.33. The average Bonchev–Trinajstić information content (AvgIpc) is 2.58. The molecule has 1 aromatic carbocycles. The van der Waals surface area contributed by atoms with Crippen LogP contribution in [0.25, 0.3) is 0 Å². The van der Waals surface area contributed by atoms with Crippen molar-refractivity contribution in [2.45, 2.75) is 18.6 Å². The molecule has 0 aromatic heterocycles. The van der Waals surface area contributed by atoms with Crippen molar-refractivity contribution in [2.24, 2.45) is 0 Å². The molecule has 1 saturated heterocycles. The van der Waals surface area contributed by atoms with Crippen LogP contribution in [-0.2, 0) is 14.2 Å². The van der Waals surface area contributed by atoms with Gasteiger partial charge < -0.3 is 18.9 Å². The molecule has 18 heavy (non-hydrogen) atoms. The molecular formula is C12H10O6. The van der Waals surface area contributed by atoms with E-state index in [-0.39, 0.29) is 0 Å². The highest BCUT2D eigenvalue weighted by Gasteiger charge is 2.39. The van der Waals surface area contributed by atoms with Gasteiger partial charge in [0, 0.05) is 12.0 Å². The molecule has 94 valence electrons. The first-order valence-corrected chi connectivity index (χ1v) is 5.55. The van der Waals surface area contributed by atoms with E-state index in [1.165, 1.54) is 0 Å². The molecule has 1 fully saturated rings. The Morgan fingerprint density at radius 1 is 1.06 bits per heavy atom. The number of hydrogen-bond donors (Lipinski definition) is 0. The van der Waals surface area contributed by atoms with E-state index in [1.807, 2.05) is 6.07 Å². The fourth-order valence-corrected chi connectivity index (χ4v) is 2.09. The number of cyclic esters (lactones) is 2. The molecule has 3 rings (SSSR count). The van der Waals surface area contributed by atoms with Crippen LogP contribution in [0.1, 0.15) is 18.1 Å². The van der Waals surface area contributed by atoms with Gasteiger partial charge in [-0.1, -0.05) is 18.2 Å². The summed E-state index contributed by atoms with van der Waals surface area (Å²) in [5.41, 5.74) is 0.673. The third kappa shape index (κ3) is 1.85. The molecule has 0 spiro atoms. The van der Waals surface area contributed by atoms with Crippen molar-refractivity contribution in [1.29, 1.82) is 0 Å². The van der Waals surface area contributed by atoms with Crippen LogP contribution in [0.4, 0.5) is 9.59 Å². The third-order valence-corrected chi connectivity index (χ3v) is 2.86. The van der Waals surface area contributed by atoms with E-state index in [2.05, 4.69) is 4.74 Å². The number of fused-ring (bicyclic) bond motifs is 3. The second-order valence-corrected chi connectivity index (χ2v) is 3.97. The van der Waals surface area contributed by atoms with Crippen LogP contribution in [0.3, 0.4) is 0 Å². The highest BCUT2D eigenvalue weighted by atomic mass is 16.8. The predicted octanol–water partition coefficient (Wildman–Crippen LogP) is 2.18. The Kier molecular flexibility index (Phi) is 2.55. The molecule has 1 aromatic rings. The van der Waals surface area contributed by atoms with Crippen LogP contribution in [0.15, 0.2) is 24.3 Å². The van der Waals surface area contributed by atoms with Gasteiger partial charge in [-0.05, 0) is 6.07 Å². The lowest BCUT2D eigenvalue weighted by molar-refractivity contribution is 0.00894. The SMILES string of the molecule is O=C1OC(=O)OC2c3ccccc3OCCC2O1. The molecule has 0 bridgehead atoms. The predicted molar refractivity (Wildman–Crippen MR) is 57.1 cm³/mol. The van der Waals surface area contributed by atoms with Gasteiger partial charge in [0.15, 0.2) is 12.2 Å². The first-order valence-electron chi connectivity index (χ1n) is 5.55. The minimum atomic E-state index is -1.05. The molecule has 6 heteroatoms. The number of benzene rings is 1. The summed E-state index contributed by atoms with van der Waals surface area (Å²) < 4.78 is 20.0. The number of carbonyl (C=O) groups is 2. The van der Waals surface area contributed by atoms with E-state index in [1.54, 1.807) is 18.2 Å². The van der Waals surface area contributed by atoms with Gasteiger partial charge >= 0.3 is 12.3 Å². The monoisotopic (exact) mass is 250 g/mol. The molecule has 0 amide bonds. The maximum absolute atomic E-state index is 11.3. The maximum atomic E-state index is 11.3. The normalized spacial score (nSPS) is 26.2. The van der Waals surface area contributed by atoms with Gasteiger partial charge in [-0.15, -0.1) is 0 Å². The van der Waals surface area contributed by atoms with Crippen LogP contribution >= 0.6 is 0 Å². The first-order chi connectivity index (χ1) is 8.74. The lowest BCUT2D eigenvalue weighted by Crippen LogP contribution is -2.23. The number of para-hydroxylation sites is 1. The standard InChI is InChI=1S/C12H10O6/c13-11-16-9-5-6-15-8-4-2-1-3-7(8)10(9)17-12(14)18-11/h1-4,9-10H,5-6H2. The Labute approximate surface area is 102 Å². The Morgan fingerprint density at radius 2 is 1.83 bits per heavy atom. The van der Waals surface area contributed by atoms with Gasteiger partial charge in [-0.3, -0.25) is 0 Å². The van der Waals surface area contributed by atoms with Crippen molar-refractivity contribution >= 4 is 12.3 Å². The van der Waals surface area contributed by atoms with Gasteiger partial charge in [0.05, 0.1) is 6.61 Å². The number of ether oxygens (including phenoxy) is 4. The van der Waals surface area contributed by atoms with E-state index in [9.17, 15) is 9.59 Å². The summed E-state index contributed by atoms with van der Waals surface area (Å²) >= 11 is 0. The minimum absolute atomic E-state index is 0.378. The maximum Gasteiger partial charge on any atom is 0.519 e. The Balaban J connectivity index is 2.02. The quantitative estimate of drug-likeness (QED) is 0.519. The summed E-state index contributed by atoms with van der Waals surface area (Å²) in [7, 11) is 0. The van der Waals surface area contributed by atoms with Gasteiger partial charge in [0.25, 0.3) is 0 Å². The summed E-state index contributed by atoms with van der Waals surface area (Å²) in [6, 6.07) is 7.16. The Bertz CT molecular complexity index is 497. The van der Waals surface area contributed by atoms with Crippen molar-refractivity contribution in [3.05, 3.63) is 29.8 Å². The van der Waals surface area contributed by atoms with E-state index < -0.39 is 24.5 Å². The number of carbonyl (C=O) groups excluding carboxylic acids is 2. The molecule has 0 aliphatic carbocycles. The molecule has 2 heterocycles. The fourth-order valence-electron chi connectivity index (χ4n) is 2.09. The molecule has 6 nitrogen and oxygen atoms in total. The lowest BCUT2D eigenvalue weighted by atomic mass is 10.0. The smallest absolute Gasteiger partial charge is 0.493 e. The lowest BCUT2D eigenvalue weighted by Gasteiger charge is -2.19. The summed E-state index contributed by atoms with van der Waals surface area (Å²) in [5, 5.41) is 0. The third-order valence-electron chi connectivity index (χ3n) is 2.86.